The number of hydrogen-bond donors (Lipinski definition) is 2. The van der Waals surface area contributed by atoms with Crippen molar-refractivity contribution in [3.05, 3.63) is 18.6 Å². The normalized spacial score (nSPS) is 15.1. The van der Waals surface area contributed by atoms with E-state index in [9.17, 15) is 0 Å². The van der Waals surface area contributed by atoms with Crippen LogP contribution in [0.3, 0.4) is 0 Å². The molecule has 0 atom stereocenters. The minimum absolute atomic E-state index is 0.474. The lowest BCUT2D eigenvalue weighted by atomic mass is 10.5. The SMILES string of the molecule is Nc1cn2ccnc2c(NCCOCC2CC2)n1. The van der Waals surface area contributed by atoms with Crippen molar-refractivity contribution in [3.63, 3.8) is 0 Å². The molecule has 1 fully saturated rings. The van der Waals surface area contributed by atoms with Crippen molar-refractivity contribution in [2.24, 2.45) is 5.92 Å². The van der Waals surface area contributed by atoms with E-state index in [2.05, 4.69) is 15.3 Å². The van der Waals surface area contributed by atoms with Crippen LogP contribution in [0.5, 0.6) is 0 Å². The Morgan fingerprint density at radius 3 is 3.22 bits per heavy atom. The van der Waals surface area contributed by atoms with Crippen molar-refractivity contribution in [2.45, 2.75) is 12.8 Å². The fraction of sp³-hybridized carbons (Fsp3) is 0.500. The zero-order chi connectivity index (χ0) is 12.4. The summed E-state index contributed by atoms with van der Waals surface area (Å²) in [4.78, 5) is 8.48. The van der Waals surface area contributed by atoms with Crippen LogP contribution in [0.4, 0.5) is 11.6 Å². The smallest absolute Gasteiger partial charge is 0.180 e. The van der Waals surface area contributed by atoms with Gasteiger partial charge in [-0.25, -0.2) is 9.97 Å². The molecule has 0 spiro atoms. The third-order valence-corrected chi connectivity index (χ3v) is 2.98. The van der Waals surface area contributed by atoms with E-state index >= 15 is 0 Å². The van der Waals surface area contributed by atoms with Gasteiger partial charge in [-0.2, -0.15) is 0 Å². The first-order valence-corrected chi connectivity index (χ1v) is 6.24. The number of imidazole rings is 1. The van der Waals surface area contributed by atoms with Crippen molar-refractivity contribution in [3.8, 4) is 0 Å². The van der Waals surface area contributed by atoms with Gasteiger partial charge in [0.25, 0.3) is 0 Å². The minimum atomic E-state index is 0.474. The van der Waals surface area contributed by atoms with E-state index in [1.807, 2.05) is 10.6 Å². The Morgan fingerprint density at radius 1 is 1.50 bits per heavy atom. The maximum atomic E-state index is 5.73. The van der Waals surface area contributed by atoms with E-state index in [4.69, 9.17) is 10.5 Å². The van der Waals surface area contributed by atoms with Crippen molar-refractivity contribution >= 4 is 17.3 Å². The lowest BCUT2D eigenvalue weighted by Crippen LogP contribution is -2.13. The fourth-order valence-electron chi connectivity index (χ4n) is 1.85. The van der Waals surface area contributed by atoms with Gasteiger partial charge in [-0.05, 0) is 18.8 Å². The summed E-state index contributed by atoms with van der Waals surface area (Å²) < 4.78 is 7.41. The van der Waals surface area contributed by atoms with Crippen LogP contribution in [-0.2, 0) is 4.74 Å². The standard InChI is InChI=1S/C12H17N5O/c13-10-7-17-5-3-15-12(17)11(16-10)14-4-6-18-8-9-1-2-9/h3,5,7,9H,1-2,4,6,8,13H2,(H,14,16). The van der Waals surface area contributed by atoms with Crippen molar-refractivity contribution in [1.82, 2.24) is 14.4 Å². The Balaban J connectivity index is 1.57. The average molecular weight is 247 g/mol. The molecule has 0 aromatic carbocycles. The van der Waals surface area contributed by atoms with Crippen LogP contribution in [0.25, 0.3) is 5.65 Å². The summed E-state index contributed by atoms with van der Waals surface area (Å²) in [6, 6.07) is 0. The number of anilines is 2. The molecule has 6 heteroatoms. The van der Waals surface area contributed by atoms with Gasteiger partial charge in [0.05, 0.1) is 12.8 Å². The molecule has 0 unspecified atom stereocenters. The Labute approximate surface area is 105 Å². The van der Waals surface area contributed by atoms with E-state index in [1.165, 1.54) is 12.8 Å². The van der Waals surface area contributed by atoms with E-state index in [0.29, 0.717) is 24.8 Å². The molecule has 2 heterocycles. The Morgan fingerprint density at radius 2 is 2.39 bits per heavy atom. The maximum Gasteiger partial charge on any atom is 0.180 e. The Hall–Kier alpha value is -1.82. The topological polar surface area (TPSA) is 77.5 Å². The van der Waals surface area contributed by atoms with Gasteiger partial charge < -0.3 is 20.2 Å². The molecule has 18 heavy (non-hydrogen) atoms. The van der Waals surface area contributed by atoms with Gasteiger partial charge in [-0.15, -0.1) is 0 Å². The third-order valence-electron chi connectivity index (χ3n) is 2.98. The lowest BCUT2D eigenvalue weighted by molar-refractivity contribution is 0.134. The predicted molar refractivity (Wildman–Crippen MR) is 69.4 cm³/mol. The zero-order valence-electron chi connectivity index (χ0n) is 10.2. The molecule has 0 amide bonds. The van der Waals surface area contributed by atoms with Crippen LogP contribution >= 0.6 is 0 Å². The highest BCUT2D eigenvalue weighted by Crippen LogP contribution is 2.28. The second kappa shape index (κ2) is 4.81. The maximum absolute atomic E-state index is 5.73. The molecular formula is C12H17N5O. The molecule has 6 nitrogen and oxygen atoms in total. The second-order valence-corrected chi connectivity index (χ2v) is 4.62. The van der Waals surface area contributed by atoms with Crippen LogP contribution in [-0.4, -0.2) is 34.1 Å². The first-order valence-electron chi connectivity index (χ1n) is 6.24. The third kappa shape index (κ3) is 2.53. The molecule has 1 saturated carbocycles. The van der Waals surface area contributed by atoms with Crippen molar-refractivity contribution in [2.75, 3.05) is 30.8 Å². The van der Waals surface area contributed by atoms with Gasteiger partial charge in [-0.3, -0.25) is 0 Å². The number of nitrogens with zero attached hydrogens (tertiary/aromatic N) is 3. The van der Waals surface area contributed by atoms with Crippen LogP contribution in [0.15, 0.2) is 18.6 Å². The summed E-state index contributed by atoms with van der Waals surface area (Å²) in [6.45, 7) is 2.27. The van der Waals surface area contributed by atoms with Gasteiger partial charge in [0.2, 0.25) is 0 Å². The highest BCUT2D eigenvalue weighted by atomic mass is 16.5. The van der Waals surface area contributed by atoms with Crippen molar-refractivity contribution in [1.29, 1.82) is 0 Å². The second-order valence-electron chi connectivity index (χ2n) is 4.62. The largest absolute Gasteiger partial charge is 0.382 e. The molecule has 0 saturated heterocycles. The van der Waals surface area contributed by atoms with E-state index in [1.54, 1.807) is 12.4 Å². The van der Waals surface area contributed by atoms with Gasteiger partial charge in [-0.1, -0.05) is 0 Å². The molecule has 1 aliphatic rings. The lowest BCUT2D eigenvalue weighted by Gasteiger charge is -2.08. The van der Waals surface area contributed by atoms with Gasteiger partial charge >= 0.3 is 0 Å². The van der Waals surface area contributed by atoms with Crippen LogP contribution in [0, 0.1) is 5.92 Å². The molecule has 2 aromatic heterocycles. The number of fused-ring (bicyclic) bond motifs is 1. The van der Waals surface area contributed by atoms with E-state index in [-0.39, 0.29) is 0 Å². The highest BCUT2D eigenvalue weighted by Gasteiger charge is 2.20. The summed E-state index contributed by atoms with van der Waals surface area (Å²) in [5, 5.41) is 3.21. The van der Waals surface area contributed by atoms with Gasteiger partial charge in [0, 0.05) is 25.5 Å². The number of nitrogens with two attached hydrogens (primary N) is 1. The first-order chi connectivity index (χ1) is 8.83. The molecule has 3 rings (SSSR count). The zero-order valence-corrected chi connectivity index (χ0v) is 10.2. The molecule has 3 N–H and O–H groups in total. The van der Waals surface area contributed by atoms with Gasteiger partial charge in [0.1, 0.15) is 5.82 Å². The van der Waals surface area contributed by atoms with E-state index < -0.39 is 0 Å². The molecule has 0 bridgehead atoms. The summed E-state index contributed by atoms with van der Waals surface area (Å²) in [5.41, 5.74) is 6.51. The fourth-order valence-corrected chi connectivity index (χ4v) is 1.85. The number of aromatic nitrogens is 3. The molecular weight excluding hydrogens is 230 g/mol. The Bertz CT molecular complexity index is 534. The predicted octanol–water partition coefficient (Wildman–Crippen LogP) is 1.15. The average Bonchev–Trinajstić information content (AvgIpc) is 3.05. The quantitative estimate of drug-likeness (QED) is 0.749. The molecule has 0 aliphatic heterocycles. The number of hydrogen-bond acceptors (Lipinski definition) is 5. The molecule has 0 radical (unpaired) electrons. The number of rotatable bonds is 6. The van der Waals surface area contributed by atoms with Crippen molar-refractivity contribution < 1.29 is 4.74 Å². The number of nitrogens with one attached hydrogen (secondary N) is 1. The summed E-state index contributed by atoms with van der Waals surface area (Å²) >= 11 is 0. The van der Waals surface area contributed by atoms with Gasteiger partial charge in [0.15, 0.2) is 11.5 Å². The van der Waals surface area contributed by atoms with E-state index in [0.717, 1.165) is 18.2 Å². The monoisotopic (exact) mass is 247 g/mol. The first kappa shape index (κ1) is 11.3. The Kier molecular flexibility index (Phi) is 3.02. The molecule has 1 aliphatic carbocycles. The summed E-state index contributed by atoms with van der Waals surface area (Å²) in [7, 11) is 0. The van der Waals surface area contributed by atoms with Crippen LogP contribution < -0.4 is 11.1 Å². The summed E-state index contributed by atoms with van der Waals surface area (Å²) in [6.07, 6.45) is 7.96. The number of ether oxygens (including phenoxy) is 1. The van der Waals surface area contributed by atoms with Crippen LogP contribution in [0.1, 0.15) is 12.8 Å². The number of nitrogen functional groups attached to an aromatic ring is 1. The molecule has 2 aromatic rings. The molecule has 96 valence electrons. The minimum Gasteiger partial charge on any atom is -0.382 e. The highest BCUT2D eigenvalue weighted by molar-refractivity contribution is 5.64. The summed E-state index contributed by atoms with van der Waals surface area (Å²) in [5.74, 6) is 1.98. The van der Waals surface area contributed by atoms with Crippen LogP contribution in [0.2, 0.25) is 0 Å².